The van der Waals surface area contributed by atoms with Gasteiger partial charge in [0.1, 0.15) is 5.75 Å². The van der Waals surface area contributed by atoms with E-state index in [0.717, 1.165) is 12.2 Å². The van der Waals surface area contributed by atoms with E-state index in [1.807, 2.05) is 32.9 Å². The van der Waals surface area contributed by atoms with Crippen LogP contribution in [0.2, 0.25) is 0 Å². The number of aliphatic hydroxyl groups excluding tert-OH is 1. The van der Waals surface area contributed by atoms with Gasteiger partial charge in [0.15, 0.2) is 0 Å². The number of ether oxygens (including phenoxy) is 1. The Labute approximate surface area is 120 Å². The summed E-state index contributed by atoms with van der Waals surface area (Å²) in [5.41, 5.74) is 0.642. The van der Waals surface area contributed by atoms with Crippen LogP contribution in [0.15, 0.2) is 24.3 Å². The molecule has 4 heteroatoms. The van der Waals surface area contributed by atoms with Crippen molar-refractivity contribution in [2.24, 2.45) is 5.92 Å². The number of likely N-dealkylation sites (tertiary alicyclic amines) is 1. The number of β-amino-alcohol motifs (C(OH)–C–C–N with tert-alkyl or cyclic N) is 1. The summed E-state index contributed by atoms with van der Waals surface area (Å²) in [6.45, 7) is 7.08. The summed E-state index contributed by atoms with van der Waals surface area (Å²) in [5.74, 6) is 1.01. The third kappa shape index (κ3) is 3.51. The van der Waals surface area contributed by atoms with E-state index in [0.29, 0.717) is 18.7 Å². The predicted molar refractivity (Wildman–Crippen MR) is 77.9 cm³/mol. The van der Waals surface area contributed by atoms with E-state index in [2.05, 4.69) is 0 Å². The second-order valence-electron chi connectivity index (χ2n) is 5.78. The number of aliphatic hydroxyl groups is 1. The minimum Gasteiger partial charge on any atom is -0.491 e. The molecule has 0 aromatic heterocycles. The molecule has 1 fully saturated rings. The molecule has 0 aliphatic carbocycles. The number of hydrogen-bond donors (Lipinski definition) is 1. The number of piperidine rings is 1. The van der Waals surface area contributed by atoms with Crippen LogP contribution in [0.3, 0.4) is 0 Å². The summed E-state index contributed by atoms with van der Waals surface area (Å²) in [6, 6.07) is 7.20. The van der Waals surface area contributed by atoms with Crippen molar-refractivity contribution >= 4 is 5.91 Å². The molecular weight excluding hydrogens is 254 g/mol. The number of benzene rings is 1. The average molecular weight is 277 g/mol. The fourth-order valence-electron chi connectivity index (χ4n) is 2.36. The Balaban J connectivity index is 2.02. The standard InChI is InChI=1S/C16H23NO3/c1-11(2)20-14-6-4-13(5-7-14)16(19)17-9-8-12(3)15(18)10-17/h4-7,11-12,15,18H,8-10H2,1-3H3. The first-order chi connectivity index (χ1) is 9.47. The van der Waals surface area contributed by atoms with Gasteiger partial charge in [-0.15, -0.1) is 0 Å². The van der Waals surface area contributed by atoms with Crippen LogP contribution >= 0.6 is 0 Å². The van der Waals surface area contributed by atoms with Gasteiger partial charge >= 0.3 is 0 Å². The van der Waals surface area contributed by atoms with Crippen molar-refractivity contribution in [1.82, 2.24) is 4.90 Å². The van der Waals surface area contributed by atoms with E-state index in [9.17, 15) is 9.90 Å². The first kappa shape index (κ1) is 14.9. The second-order valence-corrected chi connectivity index (χ2v) is 5.78. The van der Waals surface area contributed by atoms with Crippen LogP contribution in [0.4, 0.5) is 0 Å². The van der Waals surface area contributed by atoms with Gasteiger partial charge in [-0.2, -0.15) is 0 Å². The number of carbonyl (C=O) groups excluding carboxylic acids is 1. The highest BCUT2D eigenvalue weighted by atomic mass is 16.5. The highest BCUT2D eigenvalue weighted by Gasteiger charge is 2.27. The molecule has 20 heavy (non-hydrogen) atoms. The maximum Gasteiger partial charge on any atom is 0.253 e. The van der Waals surface area contributed by atoms with Crippen LogP contribution in [0, 0.1) is 5.92 Å². The molecule has 1 saturated heterocycles. The van der Waals surface area contributed by atoms with E-state index >= 15 is 0 Å². The first-order valence-corrected chi connectivity index (χ1v) is 7.21. The molecule has 0 saturated carbocycles. The second kappa shape index (κ2) is 6.27. The average Bonchev–Trinajstić information content (AvgIpc) is 2.41. The molecule has 2 atom stereocenters. The lowest BCUT2D eigenvalue weighted by atomic mass is 9.95. The third-order valence-corrected chi connectivity index (χ3v) is 3.68. The zero-order valence-corrected chi connectivity index (χ0v) is 12.4. The third-order valence-electron chi connectivity index (χ3n) is 3.68. The highest BCUT2D eigenvalue weighted by Crippen LogP contribution is 2.20. The van der Waals surface area contributed by atoms with Gasteiger partial charge in [-0.05, 0) is 50.5 Å². The lowest BCUT2D eigenvalue weighted by molar-refractivity contribution is 0.0248. The van der Waals surface area contributed by atoms with Gasteiger partial charge in [-0.1, -0.05) is 6.92 Å². The molecular formula is C16H23NO3. The maximum absolute atomic E-state index is 12.4. The summed E-state index contributed by atoms with van der Waals surface area (Å²) in [4.78, 5) is 14.1. The topological polar surface area (TPSA) is 49.8 Å². The number of nitrogens with zero attached hydrogens (tertiary/aromatic N) is 1. The summed E-state index contributed by atoms with van der Waals surface area (Å²) in [6.07, 6.45) is 0.549. The molecule has 1 N–H and O–H groups in total. The Hall–Kier alpha value is -1.55. The molecule has 1 aliphatic heterocycles. The van der Waals surface area contributed by atoms with E-state index in [4.69, 9.17) is 4.74 Å². The molecule has 1 amide bonds. The molecule has 1 aliphatic rings. The SMILES string of the molecule is CC(C)Oc1ccc(C(=O)N2CCC(C)C(O)C2)cc1. The molecule has 1 heterocycles. The summed E-state index contributed by atoms with van der Waals surface area (Å²) in [5, 5.41) is 9.87. The van der Waals surface area contributed by atoms with Gasteiger partial charge in [0.05, 0.1) is 12.2 Å². The maximum atomic E-state index is 12.4. The van der Waals surface area contributed by atoms with Crippen LogP contribution in [-0.2, 0) is 0 Å². The van der Waals surface area contributed by atoms with Crippen LogP contribution in [0.1, 0.15) is 37.6 Å². The van der Waals surface area contributed by atoms with Crippen molar-refractivity contribution in [2.75, 3.05) is 13.1 Å². The zero-order chi connectivity index (χ0) is 14.7. The van der Waals surface area contributed by atoms with Gasteiger partial charge in [0.25, 0.3) is 5.91 Å². The Morgan fingerprint density at radius 2 is 2.00 bits per heavy atom. The minimum absolute atomic E-state index is 0.0213. The first-order valence-electron chi connectivity index (χ1n) is 7.21. The van der Waals surface area contributed by atoms with Crippen molar-refractivity contribution in [3.63, 3.8) is 0 Å². The minimum atomic E-state index is -0.420. The summed E-state index contributed by atoms with van der Waals surface area (Å²) in [7, 11) is 0. The van der Waals surface area contributed by atoms with Crippen molar-refractivity contribution < 1.29 is 14.6 Å². The number of rotatable bonds is 3. The molecule has 2 rings (SSSR count). The van der Waals surface area contributed by atoms with Crippen molar-refractivity contribution in [3.05, 3.63) is 29.8 Å². The van der Waals surface area contributed by atoms with E-state index in [1.54, 1.807) is 17.0 Å². The Morgan fingerprint density at radius 3 is 2.55 bits per heavy atom. The van der Waals surface area contributed by atoms with Gasteiger partial charge < -0.3 is 14.7 Å². The summed E-state index contributed by atoms with van der Waals surface area (Å²) < 4.78 is 5.56. The molecule has 110 valence electrons. The molecule has 0 radical (unpaired) electrons. The van der Waals surface area contributed by atoms with Gasteiger partial charge in [0.2, 0.25) is 0 Å². The summed E-state index contributed by atoms with van der Waals surface area (Å²) >= 11 is 0. The van der Waals surface area contributed by atoms with Crippen LogP contribution in [0.25, 0.3) is 0 Å². The fraction of sp³-hybridized carbons (Fsp3) is 0.562. The van der Waals surface area contributed by atoms with E-state index in [-0.39, 0.29) is 17.9 Å². The number of amides is 1. The smallest absolute Gasteiger partial charge is 0.253 e. The Kier molecular flexibility index (Phi) is 4.65. The molecule has 0 spiro atoms. The lowest BCUT2D eigenvalue weighted by Crippen LogP contribution is -2.45. The number of carbonyl (C=O) groups is 1. The Bertz CT molecular complexity index is 455. The normalized spacial score (nSPS) is 22.9. The van der Waals surface area contributed by atoms with E-state index in [1.165, 1.54) is 0 Å². The van der Waals surface area contributed by atoms with Crippen molar-refractivity contribution in [2.45, 2.75) is 39.4 Å². The molecule has 0 bridgehead atoms. The van der Waals surface area contributed by atoms with Gasteiger partial charge in [-0.3, -0.25) is 4.79 Å². The largest absolute Gasteiger partial charge is 0.491 e. The molecule has 4 nitrogen and oxygen atoms in total. The molecule has 1 aromatic carbocycles. The quantitative estimate of drug-likeness (QED) is 0.922. The van der Waals surface area contributed by atoms with Crippen LogP contribution in [0.5, 0.6) is 5.75 Å². The van der Waals surface area contributed by atoms with Crippen LogP contribution in [-0.4, -0.2) is 41.2 Å². The fourth-order valence-corrected chi connectivity index (χ4v) is 2.36. The predicted octanol–water partition coefficient (Wildman–Crippen LogP) is 2.32. The zero-order valence-electron chi connectivity index (χ0n) is 12.4. The highest BCUT2D eigenvalue weighted by molar-refractivity contribution is 5.94. The Morgan fingerprint density at radius 1 is 1.35 bits per heavy atom. The molecule has 1 aromatic rings. The van der Waals surface area contributed by atoms with E-state index < -0.39 is 6.10 Å². The van der Waals surface area contributed by atoms with Crippen molar-refractivity contribution in [3.8, 4) is 5.75 Å². The van der Waals surface area contributed by atoms with Gasteiger partial charge in [-0.25, -0.2) is 0 Å². The van der Waals surface area contributed by atoms with Gasteiger partial charge in [0, 0.05) is 18.7 Å². The lowest BCUT2D eigenvalue weighted by Gasteiger charge is -2.34. The van der Waals surface area contributed by atoms with Crippen LogP contribution < -0.4 is 4.74 Å². The van der Waals surface area contributed by atoms with Crippen molar-refractivity contribution in [1.29, 1.82) is 0 Å². The molecule has 2 unspecified atom stereocenters. The number of hydrogen-bond acceptors (Lipinski definition) is 3. The monoisotopic (exact) mass is 277 g/mol.